The predicted octanol–water partition coefficient (Wildman–Crippen LogP) is 2.23. The number of anilines is 1. The highest BCUT2D eigenvalue weighted by molar-refractivity contribution is 5.98. The number of alkyl halides is 3. The highest BCUT2D eigenvalue weighted by Crippen LogP contribution is 2.34. The Bertz CT molecular complexity index is 528. The van der Waals surface area contributed by atoms with E-state index in [2.05, 4.69) is 4.74 Å². The van der Waals surface area contributed by atoms with E-state index < -0.39 is 40.8 Å². The minimum absolute atomic E-state index is 0.231. The molecule has 9 heteroatoms. The predicted molar refractivity (Wildman–Crippen MR) is 58.2 cm³/mol. The maximum absolute atomic E-state index is 13.3. The average Bonchev–Trinajstić information content (AvgIpc) is 2.32. The molecule has 0 heterocycles. The summed E-state index contributed by atoms with van der Waals surface area (Å²) in [6.07, 6.45) is -5.23. The number of ether oxygens (including phenoxy) is 1. The summed E-state index contributed by atoms with van der Waals surface area (Å²) in [7, 11) is 0.940. The van der Waals surface area contributed by atoms with E-state index in [1.54, 1.807) is 5.32 Å². The Morgan fingerprint density at radius 2 is 1.85 bits per heavy atom. The summed E-state index contributed by atoms with van der Waals surface area (Å²) < 4.78 is 68.0. The zero-order chi connectivity index (χ0) is 15.7. The molecule has 0 bridgehead atoms. The smallest absolute Gasteiger partial charge is 0.426 e. The molecule has 2 N–H and O–H groups in total. The summed E-state index contributed by atoms with van der Waals surface area (Å²) in [5.41, 5.74) is -4.23. The lowest BCUT2D eigenvalue weighted by atomic mass is 10.1. The molecule has 0 aliphatic carbocycles. The van der Waals surface area contributed by atoms with Gasteiger partial charge in [-0.25, -0.2) is 4.39 Å². The van der Waals surface area contributed by atoms with Gasteiger partial charge in [-0.2, -0.15) is 17.6 Å². The van der Waals surface area contributed by atoms with E-state index in [9.17, 15) is 26.7 Å². The molecule has 20 heavy (non-hydrogen) atoms. The number of amides is 1. The van der Waals surface area contributed by atoms with Crippen LogP contribution >= 0.6 is 0 Å². The largest absolute Gasteiger partial charge is 0.491 e. The maximum Gasteiger partial charge on any atom is 0.426 e. The van der Waals surface area contributed by atoms with Gasteiger partial charge in [0.05, 0.1) is 12.8 Å². The summed E-state index contributed by atoms with van der Waals surface area (Å²) in [5.74, 6) is -5.41. The minimum atomic E-state index is -5.23. The van der Waals surface area contributed by atoms with E-state index >= 15 is 0 Å². The Balaban J connectivity index is 3.12. The van der Waals surface area contributed by atoms with Crippen LogP contribution in [0.5, 0.6) is 5.75 Å². The van der Waals surface area contributed by atoms with Crippen molar-refractivity contribution >= 4 is 11.6 Å². The molecule has 0 fully saturated rings. The number of rotatable bonds is 3. The van der Waals surface area contributed by atoms with Gasteiger partial charge < -0.3 is 15.2 Å². The fraction of sp³-hybridized carbons (Fsp3) is 0.364. The fourth-order valence-electron chi connectivity index (χ4n) is 1.20. The van der Waals surface area contributed by atoms with E-state index in [0.29, 0.717) is 6.07 Å². The summed E-state index contributed by atoms with van der Waals surface area (Å²) in [6, 6.07) is 1.40. The number of hydrogen-bond acceptors (Lipinski definition) is 3. The quantitative estimate of drug-likeness (QED) is 0.841. The van der Waals surface area contributed by atoms with Crippen LogP contribution < -0.4 is 10.1 Å². The first-order valence-electron chi connectivity index (χ1n) is 5.15. The van der Waals surface area contributed by atoms with Crippen molar-refractivity contribution in [1.82, 2.24) is 0 Å². The molecular formula is C11H10F5NO3. The lowest BCUT2D eigenvalue weighted by molar-refractivity contribution is -0.242. The van der Waals surface area contributed by atoms with E-state index in [-0.39, 0.29) is 6.92 Å². The third-order valence-electron chi connectivity index (χ3n) is 2.50. The molecule has 0 aromatic heterocycles. The Hall–Kier alpha value is -1.90. The van der Waals surface area contributed by atoms with Gasteiger partial charge in [0.1, 0.15) is 0 Å². The number of hydrogen-bond donors (Lipinski definition) is 2. The van der Waals surface area contributed by atoms with E-state index in [1.165, 1.54) is 0 Å². The molecule has 0 radical (unpaired) electrons. The van der Waals surface area contributed by atoms with Crippen LogP contribution in [0.25, 0.3) is 0 Å². The third-order valence-corrected chi connectivity index (χ3v) is 2.50. The second-order valence-corrected chi connectivity index (χ2v) is 3.97. The highest BCUT2D eigenvalue weighted by Gasteiger charge is 2.55. The highest BCUT2D eigenvalue weighted by atomic mass is 19.4. The molecule has 0 unspecified atom stereocenters. The molecule has 0 saturated heterocycles. The van der Waals surface area contributed by atoms with Gasteiger partial charge in [-0.3, -0.25) is 4.79 Å². The SMILES string of the molecule is COc1c(NC(=O)[C@@](C)(O)C(F)(F)F)ccc(F)c1F. The van der Waals surface area contributed by atoms with Crippen molar-refractivity contribution in [2.24, 2.45) is 0 Å². The topological polar surface area (TPSA) is 58.6 Å². The van der Waals surface area contributed by atoms with Gasteiger partial charge >= 0.3 is 6.18 Å². The molecule has 1 rings (SSSR count). The second kappa shape index (κ2) is 5.23. The lowest BCUT2D eigenvalue weighted by Crippen LogP contribution is -2.52. The first-order chi connectivity index (χ1) is 9.02. The zero-order valence-corrected chi connectivity index (χ0v) is 10.3. The van der Waals surface area contributed by atoms with Gasteiger partial charge in [0.2, 0.25) is 11.4 Å². The number of aliphatic hydroxyl groups is 1. The van der Waals surface area contributed by atoms with Gasteiger partial charge in [-0.15, -0.1) is 0 Å². The van der Waals surface area contributed by atoms with Crippen LogP contribution in [0.3, 0.4) is 0 Å². The third kappa shape index (κ3) is 2.82. The van der Waals surface area contributed by atoms with Crippen molar-refractivity contribution < 1.29 is 36.6 Å². The Morgan fingerprint density at radius 1 is 1.30 bits per heavy atom. The van der Waals surface area contributed by atoms with Crippen LogP contribution in [0.15, 0.2) is 12.1 Å². The van der Waals surface area contributed by atoms with Crippen LogP contribution in [0.2, 0.25) is 0 Å². The van der Waals surface area contributed by atoms with Gasteiger partial charge in [0, 0.05) is 0 Å². The molecule has 112 valence electrons. The Kier molecular flexibility index (Phi) is 4.23. The Labute approximate surface area is 110 Å². The zero-order valence-electron chi connectivity index (χ0n) is 10.3. The van der Waals surface area contributed by atoms with Crippen molar-refractivity contribution in [3.8, 4) is 5.75 Å². The maximum atomic E-state index is 13.3. The van der Waals surface area contributed by atoms with Crippen LogP contribution in [-0.4, -0.2) is 29.9 Å². The Morgan fingerprint density at radius 3 is 2.30 bits per heavy atom. The summed E-state index contributed by atoms with van der Waals surface area (Å²) in [6.45, 7) is 0.231. The molecule has 1 amide bonds. The van der Waals surface area contributed by atoms with Crippen molar-refractivity contribution in [3.05, 3.63) is 23.8 Å². The molecule has 1 aromatic carbocycles. The van der Waals surface area contributed by atoms with Crippen LogP contribution in [-0.2, 0) is 4.79 Å². The fourth-order valence-corrected chi connectivity index (χ4v) is 1.20. The normalized spacial score (nSPS) is 14.6. The average molecular weight is 299 g/mol. The molecule has 4 nitrogen and oxygen atoms in total. The number of benzene rings is 1. The van der Waals surface area contributed by atoms with Crippen LogP contribution in [0.1, 0.15) is 6.92 Å². The first-order valence-corrected chi connectivity index (χ1v) is 5.15. The summed E-state index contributed by atoms with van der Waals surface area (Å²) >= 11 is 0. The monoisotopic (exact) mass is 299 g/mol. The number of methoxy groups -OCH3 is 1. The first kappa shape index (κ1) is 16.2. The number of carbonyl (C=O) groups excluding carboxylic acids is 1. The van der Waals surface area contributed by atoms with Crippen molar-refractivity contribution in [1.29, 1.82) is 0 Å². The van der Waals surface area contributed by atoms with Gasteiger partial charge in [-0.05, 0) is 19.1 Å². The standard InChI is InChI=1S/C11H10F5NO3/c1-10(19,11(14,15)16)9(18)17-6-4-3-5(12)7(13)8(6)20-2/h3-4,19H,1-2H3,(H,17,18)/t10-/m1/s1. The number of nitrogens with one attached hydrogen (secondary N) is 1. The van der Waals surface area contributed by atoms with Gasteiger partial charge in [0.25, 0.3) is 5.91 Å². The summed E-state index contributed by atoms with van der Waals surface area (Å²) in [5, 5.41) is 10.8. The lowest BCUT2D eigenvalue weighted by Gasteiger charge is -2.25. The van der Waals surface area contributed by atoms with Crippen molar-refractivity contribution in [3.63, 3.8) is 0 Å². The van der Waals surface area contributed by atoms with E-state index in [4.69, 9.17) is 5.11 Å². The molecule has 0 spiro atoms. The summed E-state index contributed by atoms with van der Waals surface area (Å²) in [4.78, 5) is 11.4. The van der Waals surface area contributed by atoms with Gasteiger partial charge in [0.15, 0.2) is 11.6 Å². The second-order valence-electron chi connectivity index (χ2n) is 3.97. The number of carbonyl (C=O) groups is 1. The molecule has 1 aromatic rings. The molecular weight excluding hydrogens is 289 g/mol. The number of halogens is 5. The van der Waals surface area contributed by atoms with Crippen LogP contribution in [0.4, 0.5) is 27.6 Å². The van der Waals surface area contributed by atoms with E-state index in [1.807, 2.05) is 0 Å². The van der Waals surface area contributed by atoms with E-state index in [0.717, 1.165) is 13.2 Å². The minimum Gasteiger partial charge on any atom is -0.491 e. The van der Waals surface area contributed by atoms with Crippen molar-refractivity contribution in [2.45, 2.75) is 18.7 Å². The molecule has 1 atom stereocenters. The van der Waals surface area contributed by atoms with Crippen molar-refractivity contribution in [2.75, 3.05) is 12.4 Å². The molecule has 0 saturated carbocycles. The van der Waals surface area contributed by atoms with Gasteiger partial charge in [-0.1, -0.05) is 0 Å². The molecule has 0 aliphatic rings. The molecule has 0 aliphatic heterocycles. The van der Waals surface area contributed by atoms with Crippen LogP contribution in [0, 0.1) is 11.6 Å².